The first-order valence-corrected chi connectivity index (χ1v) is 32.1. The molecule has 4 heteroatoms. The highest BCUT2D eigenvalue weighted by Crippen LogP contribution is 2.65. The van der Waals surface area contributed by atoms with Crippen molar-refractivity contribution in [2.24, 2.45) is 0 Å². The highest BCUT2D eigenvalue weighted by Gasteiger charge is 2.52. The number of nitrogens with zero attached hydrogens (tertiary/aromatic N) is 4. The van der Waals surface area contributed by atoms with E-state index in [1.54, 1.807) is 0 Å². The molecular formula is C89H58N4. The van der Waals surface area contributed by atoms with Crippen LogP contribution in [0.2, 0.25) is 0 Å². The number of benzene rings is 15. The minimum Gasteiger partial charge on any atom is -0.310 e. The normalized spacial score (nSPS) is 12.6. The van der Waals surface area contributed by atoms with Gasteiger partial charge in [0.15, 0.2) is 0 Å². The van der Waals surface area contributed by atoms with Crippen LogP contribution >= 0.6 is 0 Å². The second kappa shape index (κ2) is 20.9. The minimum absolute atomic E-state index is 0.661. The Labute approximate surface area is 539 Å². The first-order chi connectivity index (χ1) is 46.1. The summed E-state index contributed by atoms with van der Waals surface area (Å²) in [6.07, 6.45) is 0. The first kappa shape index (κ1) is 52.7. The molecule has 2 aliphatic carbocycles. The number of hydrogen-bond acceptors (Lipinski definition) is 2. The number of rotatable bonds is 10. The van der Waals surface area contributed by atoms with Gasteiger partial charge in [0, 0.05) is 67.0 Å². The van der Waals surface area contributed by atoms with E-state index in [1.165, 1.54) is 121 Å². The topological polar surface area (TPSA) is 16.3 Å². The fourth-order valence-corrected chi connectivity index (χ4v) is 15.9. The van der Waals surface area contributed by atoms with Crippen LogP contribution in [0, 0.1) is 0 Å². The van der Waals surface area contributed by atoms with Gasteiger partial charge < -0.3 is 18.9 Å². The standard InChI is InChI=1S/C89H58N4/c1-3-21-59(22-4-1)61-41-46-64(47-42-61)90(66-25-19-27-68(56-66)92-84-37-15-9-31-76(84)77-32-10-16-38-85(77)92)70-50-53-72-63(55-70)45-52-80-75-54-51-71(58-83(75)89(88(72)80)81-35-13-7-29-73(81)74-30-8-14-36-82(74)89)91(65-48-43-62(44-49-65)60-23-5-2-6-24-60)67-26-20-28-69(57-67)93-86-39-17-11-33-78(86)79-34-12-18-40-87(79)93/h1-58H. The van der Waals surface area contributed by atoms with Crippen molar-refractivity contribution < 1.29 is 0 Å². The Bertz CT molecular complexity index is 5670. The van der Waals surface area contributed by atoms with Gasteiger partial charge in [-0.25, -0.2) is 0 Å². The van der Waals surface area contributed by atoms with Crippen LogP contribution < -0.4 is 9.80 Å². The average Bonchev–Trinajstić information content (AvgIpc) is 1.51. The molecule has 17 aromatic rings. The number of aromatic nitrogens is 2. The number of anilines is 6. The van der Waals surface area contributed by atoms with E-state index in [9.17, 15) is 0 Å². The first-order valence-electron chi connectivity index (χ1n) is 32.1. The van der Waals surface area contributed by atoms with E-state index in [0.717, 1.165) is 45.5 Å². The molecule has 0 bridgehead atoms. The predicted octanol–water partition coefficient (Wildman–Crippen LogP) is 23.7. The zero-order valence-corrected chi connectivity index (χ0v) is 50.8. The molecule has 0 N–H and O–H groups in total. The summed E-state index contributed by atoms with van der Waals surface area (Å²) in [5, 5.41) is 7.36. The summed E-state index contributed by atoms with van der Waals surface area (Å²) >= 11 is 0. The molecule has 1 spiro atoms. The Hall–Kier alpha value is -12.2. The summed E-state index contributed by atoms with van der Waals surface area (Å²) < 4.78 is 4.84. The van der Waals surface area contributed by atoms with Crippen molar-refractivity contribution in [1.29, 1.82) is 0 Å². The smallest absolute Gasteiger partial charge is 0.0732 e. The quantitative estimate of drug-likeness (QED) is 0.136. The van der Waals surface area contributed by atoms with Gasteiger partial charge in [-0.2, -0.15) is 0 Å². The third-order valence-corrected chi connectivity index (χ3v) is 19.9. The summed E-state index contributed by atoms with van der Waals surface area (Å²) in [6, 6.07) is 130. The lowest BCUT2D eigenvalue weighted by Crippen LogP contribution is -2.26. The summed E-state index contributed by atoms with van der Waals surface area (Å²) in [4.78, 5) is 4.91. The molecule has 0 saturated heterocycles. The second-order valence-electron chi connectivity index (χ2n) is 24.7. The molecule has 0 radical (unpaired) electrons. The van der Waals surface area contributed by atoms with Crippen LogP contribution in [0.4, 0.5) is 34.1 Å². The molecule has 0 fully saturated rings. The Morgan fingerprint density at radius 2 is 0.581 bits per heavy atom. The molecule has 2 aliphatic rings. The Morgan fingerprint density at radius 1 is 0.215 bits per heavy atom. The van der Waals surface area contributed by atoms with Crippen molar-refractivity contribution in [2.75, 3.05) is 9.80 Å². The van der Waals surface area contributed by atoms with Crippen molar-refractivity contribution in [2.45, 2.75) is 5.41 Å². The predicted molar refractivity (Wildman–Crippen MR) is 389 cm³/mol. The molecule has 19 rings (SSSR count). The number of para-hydroxylation sites is 4. The van der Waals surface area contributed by atoms with Crippen molar-refractivity contribution >= 4 is 88.5 Å². The highest BCUT2D eigenvalue weighted by atomic mass is 15.2. The Morgan fingerprint density at radius 3 is 1.06 bits per heavy atom. The van der Waals surface area contributed by atoms with E-state index in [1.807, 2.05) is 0 Å². The SMILES string of the molecule is c1ccc(-c2ccc(N(c3cccc(-n4c5ccccc5c5ccccc54)c3)c3ccc4c(c3)C3(c5ccccc5-c5ccccc53)c3c-4ccc4cc(N(c5ccc(-c6ccccc6)cc5)c5cccc(-n6c7ccccc7c7ccccc76)c5)ccc34)cc2)cc1. The van der Waals surface area contributed by atoms with Crippen LogP contribution in [0.3, 0.4) is 0 Å². The molecule has 0 saturated carbocycles. The maximum Gasteiger partial charge on any atom is 0.0732 e. The summed E-state index contributed by atoms with van der Waals surface area (Å²) in [6.45, 7) is 0. The van der Waals surface area contributed by atoms with Gasteiger partial charge >= 0.3 is 0 Å². The van der Waals surface area contributed by atoms with Gasteiger partial charge in [-0.15, -0.1) is 0 Å². The second-order valence-corrected chi connectivity index (χ2v) is 24.7. The molecule has 93 heavy (non-hydrogen) atoms. The fourth-order valence-electron chi connectivity index (χ4n) is 15.9. The maximum atomic E-state index is 2.53. The summed E-state index contributed by atoms with van der Waals surface area (Å²) in [7, 11) is 0. The molecule has 0 atom stereocenters. The molecule has 0 amide bonds. The zero-order valence-electron chi connectivity index (χ0n) is 50.8. The van der Waals surface area contributed by atoms with Gasteiger partial charge in [0.05, 0.1) is 27.5 Å². The number of fused-ring (bicyclic) bond motifs is 18. The molecule has 15 aromatic carbocycles. The Kier molecular flexibility index (Phi) is 11.9. The lowest BCUT2D eigenvalue weighted by Gasteiger charge is -2.33. The van der Waals surface area contributed by atoms with E-state index >= 15 is 0 Å². The van der Waals surface area contributed by atoms with E-state index < -0.39 is 5.41 Å². The lowest BCUT2D eigenvalue weighted by atomic mass is 9.69. The van der Waals surface area contributed by atoms with Gasteiger partial charge in [-0.3, -0.25) is 0 Å². The van der Waals surface area contributed by atoms with E-state index in [4.69, 9.17) is 0 Å². The molecule has 4 nitrogen and oxygen atoms in total. The molecule has 2 heterocycles. The van der Waals surface area contributed by atoms with Crippen LogP contribution in [0.15, 0.2) is 352 Å². The van der Waals surface area contributed by atoms with Crippen LogP contribution in [-0.4, -0.2) is 9.13 Å². The monoisotopic (exact) mass is 1180 g/mol. The van der Waals surface area contributed by atoms with E-state index in [2.05, 4.69) is 371 Å². The van der Waals surface area contributed by atoms with Crippen molar-refractivity contribution in [3.8, 4) is 55.9 Å². The highest BCUT2D eigenvalue weighted by molar-refractivity contribution is 6.11. The molecule has 434 valence electrons. The third-order valence-electron chi connectivity index (χ3n) is 19.9. The van der Waals surface area contributed by atoms with E-state index in [0.29, 0.717) is 0 Å². The average molecular weight is 1180 g/mol. The summed E-state index contributed by atoms with van der Waals surface area (Å²) in [5.41, 5.74) is 27.7. The molecule has 2 aromatic heterocycles. The minimum atomic E-state index is -0.661. The van der Waals surface area contributed by atoms with Gasteiger partial charge in [0.1, 0.15) is 0 Å². The van der Waals surface area contributed by atoms with Gasteiger partial charge in [0.2, 0.25) is 0 Å². The molecule has 0 aliphatic heterocycles. The lowest BCUT2D eigenvalue weighted by molar-refractivity contribution is 0.801. The maximum absolute atomic E-state index is 2.53. The van der Waals surface area contributed by atoms with Gasteiger partial charge in [0.25, 0.3) is 0 Å². The van der Waals surface area contributed by atoms with Crippen LogP contribution in [0.25, 0.3) is 110 Å². The zero-order chi connectivity index (χ0) is 61.1. The fraction of sp³-hybridized carbons (Fsp3) is 0.0112. The van der Waals surface area contributed by atoms with Crippen LogP contribution in [0.5, 0.6) is 0 Å². The largest absolute Gasteiger partial charge is 0.310 e. The van der Waals surface area contributed by atoms with Gasteiger partial charge in [-0.05, 0) is 187 Å². The van der Waals surface area contributed by atoms with E-state index in [-0.39, 0.29) is 0 Å². The van der Waals surface area contributed by atoms with Gasteiger partial charge in [-0.1, -0.05) is 243 Å². The van der Waals surface area contributed by atoms with Crippen LogP contribution in [-0.2, 0) is 5.41 Å². The van der Waals surface area contributed by atoms with Crippen molar-refractivity contribution in [3.05, 3.63) is 374 Å². The van der Waals surface area contributed by atoms with Crippen LogP contribution in [0.1, 0.15) is 22.3 Å². The molecule has 0 unspecified atom stereocenters. The number of hydrogen-bond donors (Lipinski definition) is 0. The molecular weight excluding hydrogens is 1130 g/mol. The van der Waals surface area contributed by atoms with Crippen molar-refractivity contribution in [1.82, 2.24) is 9.13 Å². The Balaban J connectivity index is 0.805. The summed E-state index contributed by atoms with van der Waals surface area (Å²) in [5.74, 6) is 0. The van der Waals surface area contributed by atoms with Crippen molar-refractivity contribution in [3.63, 3.8) is 0 Å². The third kappa shape index (κ3) is 8.05.